The van der Waals surface area contributed by atoms with E-state index in [2.05, 4.69) is 119 Å². The van der Waals surface area contributed by atoms with Crippen LogP contribution in [0, 0.1) is 0 Å². The van der Waals surface area contributed by atoms with E-state index in [9.17, 15) is 48.9 Å². The summed E-state index contributed by atoms with van der Waals surface area (Å²) in [6, 6.07) is 83.2. The molecular weight excluding hydrogens is 1610 g/mol. The number of nitrogens with one attached hydrogen (secondary N) is 4. The predicted molar refractivity (Wildman–Crippen MR) is 458 cm³/mol. The first-order chi connectivity index (χ1) is 55.8. The van der Waals surface area contributed by atoms with Gasteiger partial charge in [-0.1, -0.05) is 259 Å². The Labute approximate surface area is 740 Å². The summed E-state index contributed by atoms with van der Waals surface area (Å²) >= 11 is 8.61. The van der Waals surface area contributed by atoms with Gasteiger partial charge in [0.1, 0.15) is 42.5 Å². The number of benzene rings is 10. The van der Waals surface area contributed by atoms with Crippen molar-refractivity contribution >= 4 is 102 Å². The van der Waals surface area contributed by atoms with E-state index < -0.39 is 70.9 Å². The number of alkyl carbamates (subject to hydrolysis) is 3. The molecule has 24 heteroatoms. The Kier molecular flexibility index (Phi) is 33.0. The minimum atomic E-state index is -1.13. The number of alkyl halides is 1. The maximum absolute atomic E-state index is 12.8. The molecule has 0 aliphatic heterocycles. The minimum Gasteiger partial charge on any atom is -0.870 e. The zero-order chi connectivity index (χ0) is 82.5. The Morgan fingerprint density at radius 3 is 1.08 bits per heavy atom. The molecule has 0 spiro atoms. The fourth-order valence-electron chi connectivity index (χ4n) is 14.2. The summed E-state index contributed by atoms with van der Waals surface area (Å²) in [5.41, 5.74) is 16.3. The third kappa shape index (κ3) is 25.0. The predicted octanol–water partition coefficient (Wildman–Crippen LogP) is 16.7. The number of aromatic nitrogens is 3. The van der Waals surface area contributed by atoms with Crippen molar-refractivity contribution < 1.29 is 125 Å². The number of halogens is 2. The molecule has 10 aromatic carbocycles. The van der Waals surface area contributed by atoms with Crippen molar-refractivity contribution in [2.45, 2.75) is 120 Å². The molecule has 118 heavy (non-hydrogen) atoms. The van der Waals surface area contributed by atoms with Gasteiger partial charge in [0.15, 0.2) is 0 Å². The van der Waals surface area contributed by atoms with Gasteiger partial charge in [-0.15, -0.1) is 0 Å². The molecule has 3 atom stereocenters. The van der Waals surface area contributed by atoms with E-state index in [4.69, 9.17) is 30.5 Å². The number of carbonyl (C=O) groups is 7. The molecule has 604 valence electrons. The normalized spacial score (nSPS) is 12.4. The van der Waals surface area contributed by atoms with Crippen molar-refractivity contribution in [2.75, 3.05) is 13.2 Å². The van der Waals surface area contributed by atoms with E-state index in [0.717, 1.165) is 88.1 Å². The van der Waals surface area contributed by atoms with Crippen molar-refractivity contribution in [3.63, 3.8) is 0 Å². The molecule has 3 heterocycles. The number of hydrogen-bond donors (Lipinski definition) is 7. The van der Waals surface area contributed by atoms with E-state index in [-0.39, 0.29) is 101 Å². The van der Waals surface area contributed by atoms with Crippen molar-refractivity contribution in [2.24, 2.45) is 0 Å². The first-order valence-corrected chi connectivity index (χ1v) is 39.4. The van der Waals surface area contributed by atoms with E-state index in [1.807, 2.05) is 200 Å². The quantitative estimate of drug-likeness (QED) is 0.0152. The second-order valence-corrected chi connectivity index (χ2v) is 30.7. The van der Waals surface area contributed by atoms with Crippen molar-refractivity contribution in [3.05, 3.63) is 335 Å². The number of H-pyrrole nitrogens is 1. The van der Waals surface area contributed by atoms with Crippen LogP contribution in [0.1, 0.15) is 109 Å². The van der Waals surface area contributed by atoms with Gasteiger partial charge in [-0.2, -0.15) is 0 Å². The maximum Gasteiger partial charge on any atom is 1.00 e. The Balaban J connectivity index is 0.000000179. The standard InChI is InChI=1S/C33H28N2O4.C23H26N2O4.C16H20N2O4.C15H11ClO2.C7H7Br.K.H2O/c36-32(37)30(18-23-20-35(19-22-10-2-1-3-11-22)31-17-9-8-12-24(23)31)34-33(38)39-21-29-27-15-6-4-13-25(27)26-14-5-7-16-28(26)29;1-23(2,3)29-22(28)24-19(21(26)27)13-17-15-25(14-16-9-5-4-6-10-16)20-12-8-7-11-18(17)20;1-16(2,3)22-15(21)18-13(14(19)20)8-10-9-17-12-7-5-4-6-11(10)12;16-15(17)18-9-14-12-7-3-1-5-10(12)11-6-2-4-8-13(11)14;8-6-7-4-2-1-3-5-7;;/h1-17,20,29-30H,18-19,21H2,(H,34,38)(H,36,37);4-12,15,19H,13-14H2,1-3H3,(H,24,28)(H,26,27);4-7,9,13,17H,8H2,1-3H3,(H,18,21)(H,19,20);1-8,14H,9H2;1-5H,6H2;;1H2/q;;;;;+1;/p-1. The van der Waals surface area contributed by atoms with Gasteiger partial charge in [0.05, 0.1) is 0 Å². The van der Waals surface area contributed by atoms with Gasteiger partial charge in [-0.05, 0) is 138 Å². The fourth-order valence-corrected chi connectivity index (χ4v) is 14.6. The minimum absolute atomic E-state index is 0. The van der Waals surface area contributed by atoms with Crippen LogP contribution >= 0.6 is 27.5 Å². The van der Waals surface area contributed by atoms with Gasteiger partial charge in [0, 0.05) is 112 Å². The van der Waals surface area contributed by atoms with Crippen LogP contribution in [0.5, 0.6) is 0 Å². The van der Waals surface area contributed by atoms with Crippen LogP contribution in [-0.4, -0.2) is 119 Å². The third-order valence-corrected chi connectivity index (χ3v) is 20.1. The van der Waals surface area contributed by atoms with E-state index in [1.54, 1.807) is 47.7 Å². The molecule has 0 radical (unpaired) electrons. The number of hydrogen-bond acceptors (Lipinski definition) is 12. The summed E-state index contributed by atoms with van der Waals surface area (Å²) in [7, 11) is 0. The topological polar surface area (TPSA) is 309 Å². The third-order valence-electron chi connectivity index (χ3n) is 19.3. The number of rotatable bonds is 21. The first-order valence-electron chi connectivity index (χ1n) is 37.9. The molecule has 15 rings (SSSR count). The average molecular weight is 1700 g/mol. The maximum atomic E-state index is 12.8. The summed E-state index contributed by atoms with van der Waals surface area (Å²) in [6.07, 6.45) is 3.97. The summed E-state index contributed by atoms with van der Waals surface area (Å²) in [5.74, 6) is -3.32. The average Bonchev–Trinajstić information content (AvgIpc) is 1.65. The van der Waals surface area contributed by atoms with Crippen LogP contribution in [0.4, 0.5) is 19.2 Å². The molecule has 3 unspecified atom stereocenters. The van der Waals surface area contributed by atoms with Crippen molar-refractivity contribution in [1.82, 2.24) is 30.1 Å². The summed E-state index contributed by atoms with van der Waals surface area (Å²) < 4.78 is 25.1. The SMILES string of the molecule is BrCc1ccccc1.CC(C)(C)OC(=O)NC(Cc1c[nH]c2ccccc12)C(=O)O.CC(C)(C)OC(=O)NC(Cc1cn(Cc2ccccc2)c2ccccc12)C(=O)O.O=C(Cl)OCC1c2ccccc2-c2ccccc21.O=C(NC(Cc1cn(Cc2ccccc2)c2ccccc12)C(=O)O)OCC1c2ccccc2-c2ccccc21.[K+].[OH-]. The van der Waals surface area contributed by atoms with E-state index in [0.29, 0.717) is 13.1 Å². The summed E-state index contributed by atoms with van der Waals surface area (Å²) in [6.45, 7) is 12.1. The Morgan fingerprint density at radius 1 is 0.415 bits per heavy atom. The Hall–Kier alpha value is -11.1. The zero-order valence-corrected chi connectivity index (χ0v) is 72.0. The van der Waals surface area contributed by atoms with E-state index >= 15 is 0 Å². The van der Waals surface area contributed by atoms with Crippen LogP contribution in [0.25, 0.3) is 55.0 Å². The summed E-state index contributed by atoms with van der Waals surface area (Å²) in [4.78, 5) is 85.9. The van der Waals surface area contributed by atoms with Crippen LogP contribution in [0.2, 0.25) is 0 Å². The Bertz CT molecular complexity index is 5480. The van der Waals surface area contributed by atoms with E-state index in [1.165, 1.54) is 27.8 Å². The molecule has 13 aromatic rings. The second-order valence-electron chi connectivity index (χ2n) is 29.9. The number of nitrogens with zero attached hydrogens (tertiary/aromatic N) is 2. The zero-order valence-electron chi connectivity index (χ0n) is 66.5. The van der Waals surface area contributed by atoms with Gasteiger partial charge < -0.3 is 69.8 Å². The molecule has 3 amide bonds. The van der Waals surface area contributed by atoms with Gasteiger partial charge in [0.25, 0.3) is 0 Å². The number of fused-ring (bicyclic) bond motifs is 9. The molecule has 21 nitrogen and oxygen atoms in total. The van der Waals surface area contributed by atoms with Crippen LogP contribution in [-0.2, 0) is 71.0 Å². The number of carboxylic acids is 3. The first kappa shape index (κ1) is 90.8. The Morgan fingerprint density at radius 2 is 0.729 bits per heavy atom. The summed E-state index contributed by atoms with van der Waals surface area (Å²) in [5, 5.41) is 40.2. The van der Waals surface area contributed by atoms with Gasteiger partial charge in [-0.3, -0.25) is 0 Å². The second kappa shape index (κ2) is 42.8. The monoisotopic (exact) mass is 1700 g/mol. The molecule has 0 fully saturated rings. The van der Waals surface area contributed by atoms with Crippen molar-refractivity contribution in [1.29, 1.82) is 0 Å². The largest absolute Gasteiger partial charge is 1.00 e. The van der Waals surface area contributed by atoms with Crippen molar-refractivity contribution in [3.8, 4) is 22.3 Å². The van der Waals surface area contributed by atoms with Crippen LogP contribution in [0.3, 0.4) is 0 Å². The molecular formula is C94H93BrClKN6O15. The molecule has 2 aliphatic rings. The fraction of sp³-hybridized carbons (Fsp3) is 0.223. The van der Waals surface area contributed by atoms with Gasteiger partial charge in [-0.25, -0.2) is 33.6 Å². The number of carboxylic acid groups (broad SMARTS) is 3. The smallest absolute Gasteiger partial charge is 0.870 e. The number of aliphatic carboxylic acids is 3. The van der Waals surface area contributed by atoms with Gasteiger partial charge in [0.2, 0.25) is 0 Å². The molecule has 0 bridgehead atoms. The van der Waals surface area contributed by atoms with Gasteiger partial charge >= 0.3 is 93.0 Å². The van der Waals surface area contributed by atoms with Crippen LogP contribution < -0.4 is 67.3 Å². The molecule has 3 aromatic heterocycles. The van der Waals surface area contributed by atoms with Crippen LogP contribution in [0.15, 0.2) is 279 Å². The molecule has 0 saturated carbocycles. The number of ether oxygens (including phenoxy) is 4. The number of amides is 3. The molecule has 8 N–H and O–H groups in total. The number of carbonyl (C=O) groups excluding carboxylic acids is 4. The molecule has 2 aliphatic carbocycles. The molecule has 0 saturated heterocycles. The number of aromatic amines is 1. The number of para-hydroxylation sites is 3.